The van der Waals surface area contributed by atoms with E-state index in [-0.39, 0.29) is 36.1 Å². The lowest BCUT2D eigenvalue weighted by Gasteiger charge is -2.15. The first-order chi connectivity index (χ1) is 13.2. The Kier molecular flexibility index (Phi) is 7.03. The SMILES string of the molecule is CC(NC(=O)CCc1ccccc1C(=O)O)c1ccc(OCC(F)(F)F)cc1. The maximum atomic E-state index is 12.2. The highest BCUT2D eigenvalue weighted by molar-refractivity contribution is 5.89. The van der Waals surface area contributed by atoms with Crippen molar-refractivity contribution in [3.05, 3.63) is 65.2 Å². The Bertz CT molecular complexity index is 819. The van der Waals surface area contributed by atoms with E-state index in [2.05, 4.69) is 10.1 Å². The zero-order valence-corrected chi connectivity index (χ0v) is 15.1. The van der Waals surface area contributed by atoms with E-state index in [9.17, 15) is 22.8 Å². The molecule has 2 N–H and O–H groups in total. The van der Waals surface area contributed by atoms with Crippen LogP contribution in [0.1, 0.15) is 40.9 Å². The normalized spacial score (nSPS) is 12.3. The van der Waals surface area contributed by atoms with Gasteiger partial charge in [-0.25, -0.2) is 4.79 Å². The fourth-order valence-corrected chi connectivity index (χ4v) is 2.61. The lowest BCUT2D eigenvalue weighted by atomic mass is 10.0. The molecule has 0 aliphatic heterocycles. The van der Waals surface area contributed by atoms with Gasteiger partial charge in [0.15, 0.2) is 6.61 Å². The van der Waals surface area contributed by atoms with E-state index in [0.717, 1.165) is 0 Å². The molecule has 2 aromatic carbocycles. The van der Waals surface area contributed by atoms with Crippen molar-refractivity contribution in [1.29, 1.82) is 0 Å². The first kappa shape index (κ1) is 21.3. The summed E-state index contributed by atoms with van der Waals surface area (Å²) in [6.45, 7) is 0.380. The molecule has 0 saturated heterocycles. The summed E-state index contributed by atoms with van der Waals surface area (Å²) < 4.78 is 41.1. The number of amides is 1. The summed E-state index contributed by atoms with van der Waals surface area (Å²) in [6, 6.07) is 12.1. The van der Waals surface area contributed by atoms with Gasteiger partial charge in [-0.3, -0.25) is 4.79 Å². The summed E-state index contributed by atoms with van der Waals surface area (Å²) in [4.78, 5) is 23.3. The third-order valence-electron chi connectivity index (χ3n) is 4.03. The summed E-state index contributed by atoms with van der Waals surface area (Å²) in [5.41, 5.74) is 1.44. The Balaban J connectivity index is 1.88. The fourth-order valence-electron chi connectivity index (χ4n) is 2.61. The Labute approximate surface area is 160 Å². The van der Waals surface area contributed by atoms with E-state index in [1.807, 2.05) is 0 Å². The number of ether oxygens (including phenoxy) is 1. The summed E-state index contributed by atoms with van der Waals surface area (Å²) in [5, 5.41) is 11.9. The molecular weight excluding hydrogens is 375 g/mol. The first-order valence-corrected chi connectivity index (χ1v) is 8.56. The van der Waals surface area contributed by atoms with Gasteiger partial charge < -0.3 is 15.2 Å². The van der Waals surface area contributed by atoms with Gasteiger partial charge in [0.2, 0.25) is 5.91 Å². The second-order valence-electron chi connectivity index (χ2n) is 6.22. The molecule has 1 unspecified atom stereocenters. The van der Waals surface area contributed by atoms with Crippen molar-refractivity contribution in [1.82, 2.24) is 5.32 Å². The van der Waals surface area contributed by atoms with Crippen molar-refractivity contribution in [2.24, 2.45) is 0 Å². The minimum atomic E-state index is -4.40. The smallest absolute Gasteiger partial charge is 0.422 e. The largest absolute Gasteiger partial charge is 0.484 e. The number of hydrogen-bond donors (Lipinski definition) is 2. The van der Waals surface area contributed by atoms with Crippen molar-refractivity contribution < 1.29 is 32.6 Å². The molecule has 1 amide bonds. The van der Waals surface area contributed by atoms with Crippen LogP contribution in [-0.4, -0.2) is 29.8 Å². The van der Waals surface area contributed by atoms with E-state index >= 15 is 0 Å². The van der Waals surface area contributed by atoms with E-state index < -0.39 is 18.8 Å². The summed E-state index contributed by atoms with van der Waals surface area (Å²) in [6.07, 6.45) is -4.01. The van der Waals surface area contributed by atoms with E-state index in [1.165, 1.54) is 18.2 Å². The van der Waals surface area contributed by atoms with Gasteiger partial charge in [-0.2, -0.15) is 13.2 Å². The molecule has 0 heterocycles. The van der Waals surface area contributed by atoms with Crippen LogP contribution in [0.5, 0.6) is 5.75 Å². The zero-order valence-electron chi connectivity index (χ0n) is 15.1. The molecule has 2 aromatic rings. The van der Waals surface area contributed by atoms with E-state index in [0.29, 0.717) is 11.1 Å². The Hall–Kier alpha value is -3.03. The topological polar surface area (TPSA) is 75.6 Å². The predicted octanol–water partition coefficient (Wildman–Crippen LogP) is 4.14. The molecule has 0 aromatic heterocycles. The highest BCUT2D eigenvalue weighted by atomic mass is 19.4. The van der Waals surface area contributed by atoms with Crippen LogP contribution in [0.15, 0.2) is 48.5 Å². The van der Waals surface area contributed by atoms with Gasteiger partial charge in [-0.05, 0) is 42.7 Å². The van der Waals surface area contributed by atoms with Gasteiger partial charge in [-0.15, -0.1) is 0 Å². The molecule has 5 nitrogen and oxygen atoms in total. The highest BCUT2D eigenvalue weighted by Gasteiger charge is 2.28. The van der Waals surface area contributed by atoms with Crippen molar-refractivity contribution >= 4 is 11.9 Å². The van der Waals surface area contributed by atoms with Crippen LogP contribution in [0.4, 0.5) is 13.2 Å². The van der Waals surface area contributed by atoms with Gasteiger partial charge in [0.1, 0.15) is 5.75 Å². The molecule has 0 saturated carbocycles. The molecule has 0 aliphatic carbocycles. The second-order valence-corrected chi connectivity index (χ2v) is 6.22. The molecule has 0 radical (unpaired) electrons. The molecule has 8 heteroatoms. The Morgan fingerprint density at radius 1 is 1.11 bits per heavy atom. The quantitative estimate of drug-likeness (QED) is 0.705. The minimum Gasteiger partial charge on any atom is -0.484 e. The van der Waals surface area contributed by atoms with Gasteiger partial charge >= 0.3 is 12.1 Å². The lowest BCUT2D eigenvalue weighted by molar-refractivity contribution is -0.153. The van der Waals surface area contributed by atoms with Crippen LogP contribution in [0.25, 0.3) is 0 Å². The number of halogens is 3. The van der Waals surface area contributed by atoms with E-state index in [1.54, 1.807) is 37.3 Å². The number of benzene rings is 2. The van der Waals surface area contributed by atoms with Crippen molar-refractivity contribution in [2.45, 2.75) is 32.0 Å². The van der Waals surface area contributed by atoms with Gasteiger partial charge in [-0.1, -0.05) is 30.3 Å². The van der Waals surface area contributed by atoms with Gasteiger partial charge in [0.25, 0.3) is 0 Å². The number of carboxylic acid groups (broad SMARTS) is 1. The molecule has 0 spiro atoms. The van der Waals surface area contributed by atoms with Crippen molar-refractivity contribution in [2.75, 3.05) is 6.61 Å². The molecule has 0 fully saturated rings. The van der Waals surface area contributed by atoms with Gasteiger partial charge in [0, 0.05) is 6.42 Å². The number of nitrogens with one attached hydrogen (secondary N) is 1. The third kappa shape index (κ3) is 6.61. The van der Waals surface area contributed by atoms with Crippen LogP contribution < -0.4 is 10.1 Å². The molecule has 28 heavy (non-hydrogen) atoms. The van der Waals surface area contributed by atoms with Crippen LogP contribution in [0.2, 0.25) is 0 Å². The van der Waals surface area contributed by atoms with Gasteiger partial charge in [0.05, 0.1) is 11.6 Å². The highest BCUT2D eigenvalue weighted by Crippen LogP contribution is 2.21. The molecule has 0 aliphatic rings. The van der Waals surface area contributed by atoms with Crippen molar-refractivity contribution in [3.63, 3.8) is 0 Å². The number of aromatic carboxylic acids is 1. The molecule has 150 valence electrons. The number of hydrogen-bond acceptors (Lipinski definition) is 3. The fraction of sp³-hybridized carbons (Fsp3) is 0.300. The maximum Gasteiger partial charge on any atom is 0.422 e. The Morgan fingerprint density at radius 2 is 1.75 bits per heavy atom. The van der Waals surface area contributed by atoms with Crippen LogP contribution in [0.3, 0.4) is 0 Å². The zero-order chi connectivity index (χ0) is 20.7. The Morgan fingerprint density at radius 3 is 2.36 bits per heavy atom. The lowest BCUT2D eigenvalue weighted by Crippen LogP contribution is -2.27. The number of carboxylic acids is 1. The molecular formula is C20H20F3NO4. The van der Waals surface area contributed by atoms with Crippen LogP contribution in [-0.2, 0) is 11.2 Å². The third-order valence-corrected chi connectivity index (χ3v) is 4.03. The average Bonchev–Trinajstić information content (AvgIpc) is 2.64. The molecule has 2 rings (SSSR count). The summed E-state index contributed by atoms with van der Waals surface area (Å²) in [7, 11) is 0. The number of aryl methyl sites for hydroxylation is 1. The predicted molar refractivity (Wildman–Crippen MR) is 96.3 cm³/mol. The summed E-state index contributed by atoms with van der Waals surface area (Å²) >= 11 is 0. The van der Waals surface area contributed by atoms with Crippen LogP contribution >= 0.6 is 0 Å². The standard InChI is InChI=1S/C20H20F3NO4/c1-13(14-6-9-16(10-7-14)28-12-20(21,22)23)24-18(25)11-8-15-4-2-3-5-17(15)19(26)27/h2-7,9-10,13H,8,11-12H2,1H3,(H,24,25)(H,26,27). The number of carbonyl (C=O) groups is 2. The second kappa shape index (κ2) is 9.25. The maximum absolute atomic E-state index is 12.2. The average molecular weight is 395 g/mol. The molecule has 1 atom stereocenters. The number of alkyl halides is 3. The first-order valence-electron chi connectivity index (χ1n) is 8.56. The summed E-state index contributed by atoms with van der Waals surface area (Å²) in [5.74, 6) is -1.22. The van der Waals surface area contributed by atoms with Crippen LogP contribution in [0, 0.1) is 0 Å². The van der Waals surface area contributed by atoms with E-state index in [4.69, 9.17) is 5.11 Å². The van der Waals surface area contributed by atoms with Crippen molar-refractivity contribution in [3.8, 4) is 5.75 Å². The molecule has 0 bridgehead atoms. The number of carbonyl (C=O) groups excluding carboxylic acids is 1. The number of rotatable bonds is 8. The monoisotopic (exact) mass is 395 g/mol. The minimum absolute atomic E-state index is 0.0879.